The van der Waals surface area contributed by atoms with Crippen LogP contribution in [-0.2, 0) is 0 Å². The van der Waals surface area contributed by atoms with E-state index in [0.717, 1.165) is 11.6 Å². The van der Waals surface area contributed by atoms with Crippen molar-refractivity contribution in [3.05, 3.63) is 28.8 Å². The summed E-state index contributed by atoms with van der Waals surface area (Å²) >= 11 is 8.55. The molecule has 0 aromatic heterocycles. The van der Waals surface area contributed by atoms with Crippen LogP contribution in [0.3, 0.4) is 0 Å². The molecule has 0 spiro atoms. The molecule has 3 atom stereocenters. The van der Waals surface area contributed by atoms with Gasteiger partial charge in [0.15, 0.2) is 0 Å². The lowest BCUT2D eigenvalue weighted by Crippen LogP contribution is -2.44. The zero-order chi connectivity index (χ0) is 14.0. The van der Waals surface area contributed by atoms with Crippen molar-refractivity contribution >= 4 is 29.1 Å². The van der Waals surface area contributed by atoms with Crippen molar-refractivity contribution < 1.29 is 0 Å². The molecule has 0 bridgehead atoms. The van der Waals surface area contributed by atoms with Crippen molar-refractivity contribution in [3.63, 3.8) is 0 Å². The van der Waals surface area contributed by atoms with E-state index in [4.69, 9.17) is 11.6 Å². The van der Waals surface area contributed by atoms with Crippen LogP contribution in [0.4, 0.5) is 5.69 Å². The van der Waals surface area contributed by atoms with Gasteiger partial charge in [-0.1, -0.05) is 24.6 Å². The fourth-order valence-corrected chi connectivity index (χ4v) is 3.86. The SMILES string of the molecule is CNC(C)c1ccc(N2CCSC(C)C2C)c(Cl)c1. The topological polar surface area (TPSA) is 15.3 Å². The summed E-state index contributed by atoms with van der Waals surface area (Å²) in [4.78, 5) is 2.44. The van der Waals surface area contributed by atoms with Crippen LogP contribution in [0.5, 0.6) is 0 Å². The smallest absolute Gasteiger partial charge is 0.0643 e. The fourth-order valence-electron chi connectivity index (χ4n) is 2.47. The minimum Gasteiger partial charge on any atom is -0.366 e. The lowest BCUT2D eigenvalue weighted by Gasteiger charge is -2.39. The van der Waals surface area contributed by atoms with Crippen molar-refractivity contribution in [2.24, 2.45) is 0 Å². The average molecular weight is 299 g/mol. The van der Waals surface area contributed by atoms with Crippen molar-refractivity contribution in [3.8, 4) is 0 Å². The molecule has 1 aromatic carbocycles. The molecule has 1 N–H and O–H groups in total. The van der Waals surface area contributed by atoms with Gasteiger partial charge in [0, 0.05) is 29.6 Å². The Morgan fingerprint density at radius 2 is 2.16 bits per heavy atom. The average Bonchev–Trinajstić information content (AvgIpc) is 2.41. The van der Waals surface area contributed by atoms with Gasteiger partial charge in [0.2, 0.25) is 0 Å². The molecule has 3 unspecified atom stereocenters. The van der Waals surface area contributed by atoms with Crippen LogP contribution in [0, 0.1) is 0 Å². The van der Waals surface area contributed by atoms with Crippen molar-refractivity contribution in [2.75, 3.05) is 24.2 Å². The minimum atomic E-state index is 0.333. The van der Waals surface area contributed by atoms with Crippen molar-refractivity contribution in [1.29, 1.82) is 0 Å². The Morgan fingerprint density at radius 1 is 1.42 bits per heavy atom. The zero-order valence-corrected chi connectivity index (χ0v) is 13.7. The summed E-state index contributed by atoms with van der Waals surface area (Å²) in [6.45, 7) is 7.81. The molecule has 1 aromatic rings. The maximum atomic E-state index is 6.50. The second-order valence-electron chi connectivity index (χ2n) is 5.23. The van der Waals surface area contributed by atoms with Crippen LogP contribution in [-0.4, -0.2) is 30.6 Å². The summed E-state index contributed by atoms with van der Waals surface area (Å²) in [5.41, 5.74) is 2.41. The first kappa shape index (κ1) is 15.0. The summed E-state index contributed by atoms with van der Waals surface area (Å²) in [6, 6.07) is 7.31. The van der Waals surface area contributed by atoms with Crippen LogP contribution in [0.2, 0.25) is 5.02 Å². The van der Waals surface area contributed by atoms with E-state index in [1.807, 2.05) is 18.8 Å². The molecular weight excluding hydrogens is 276 g/mol. The van der Waals surface area contributed by atoms with E-state index >= 15 is 0 Å². The molecule has 1 heterocycles. The number of thioether (sulfide) groups is 1. The molecule has 0 amide bonds. The zero-order valence-electron chi connectivity index (χ0n) is 12.1. The van der Waals surface area contributed by atoms with Crippen LogP contribution in [0.15, 0.2) is 18.2 Å². The Kier molecular flexibility index (Phi) is 5.04. The van der Waals surface area contributed by atoms with Gasteiger partial charge < -0.3 is 10.2 Å². The summed E-state index contributed by atoms with van der Waals surface area (Å²) < 4.78 is 0. The Morgan fingerprint density at radius 3 is 2.79 bits per heavy atom. The summed E-state index contributed by atoms with van der Waals surface area (Å²) in [5, 5.41) is 4.77. The number of nitrogens with one attached hydrogen (secondary N) is 1. The quantitative estimate of drug-likeness (QED) is 0.909. The molecule has 1 aliphatic heterocycles. The van der Waals surface area contributed by atoms with Gasteiger partial charge in [0.05, 0.1) is 10.7 Å². The monoisotopic (exact) mass is 298 g/mol. The molecule has 2 rings (SSSR count). The summed E-state index contributed by atoms with van der Waals surface area (Å²) in [6.07, 6.45) is 0. The number of nitrogens with zero attached hydrogens (tertiary/aromatic N) is 1. The van der Waals surface area contributed by atoms with Gasteiger partial charge in [-0.25, -0.2) is 0 Å². The lowest BCUT2D eigenvalue weighted by atomic mass is 10.1. The predicted molar refractivity (Wildman–Crippen MR) is 87.7 cm³/mol. The molecule has 0 aliphatic carbocycles. The maximum absolute atomic E-state index is 6.50. The molecule has 106 valence electrons. The van der Waals surface area contributed by atoms with E-state index in [0.29, 0.717) is 17.3 Å². The number of hydrogen-bond acceptors (Lipinski definition) is 3. The van der Waals surface area contributed by atoms with Gasteiger partial charge in [-0.05, 0) is 38.6 Å². The third-order valence-electron chi connectivity index (χ3n) is 4.10. The normalized spacial score (nSPS) is 25.4. The van der Waals surface area contributed by atoms with Crippen molar-refractivity contribution in [1.82, 2.24) is 5.32 Å². The molecule has 19 heavy (non-hydrogen) atoms. The Labute approximate surface area is 125 Å². The lowest BCUT2D eigenvalue weighted by molar-refractivity contribution is 0.626. The molecule has 1 aliphatic rings. The highest BCUT2D eigenvalue weighted by Crippen LogP contribution is 2.34. The van der Waals surface area contributed by atoms with Gasteiger partial charge >= 0.3 is 0 Å². The fraction of sp³-hybridized carbons (Fsp3) is 0.600. The molecule has 0 saturated carbocycles. The highest BCUT2D eigenvalue weighted by atomic mass is 35.5. The van der Waals surface area contributed by atoms with E-state index in [1.54, 1.807) is 0 Å². The first-order valence-corrected chi connectivity index (χ1v) is 8.32. The van der Waals surface area contributed by atoms with Crippen molar-refractivity contribution in [2.45, 2.75) is 38.1 Å². The number of anilines is 1. The van der Waals surface area contributed by atoms with Crippen LogP contribution >= 0.6 is 23.4 Å². The first-order chi connectivity index (χ1) is 9.04. The highest BCUT2D eigenvalue weighted by Gasteiger charge is 2.26. The van der Waals surface area contributed by atoms with Crippen LogP contribution in [0.25, 0.3) is 0 Å². The Balaban J connectivity index is 2.25. The van der Waals surface area contributed by atoms with Gasteiger partial charge in [0.25, 0.3) is 0 Å². The molecule has 4 heteroatoms. The van der Waals surface area contributed by atoms with Gasteiger partial charge in [-0.3, -0.25) is 0 Å². The van der Waals surface area contributed by atoms with Gasteiger partial charge in [0.1, 0.15) is 0 Å². The first-order valence-electron chi connectivity index (χ1n) is 6.89. The van der Waals surface area contributed by atoms with Gasteiger partial charge in [-0.2, -0.15) is 11.8 Å². The Bertz CT molecular complexity index is 438. The second kappa shape index (κ2) is 6.38. The number of halogens is 1. The van der Waals surface area contributed by atoms with E-state index in [9.17, 15) is 0 Å². The predicted octanol–water partition coefficient (Wildman–Crippen LogP) is 3.95. The summed E-state index contributed by atoms with van der Waals surface area (Å²) in [5.74, 6) is 1.18. The number of rotatable bonds is 3. The molecule has 1 saturated heterocycles. The van der Waals surface area contributed by atoms with Crippen LogP contribution in [0.1, 0.15) is 32.4 Å². The standard InChI is InChI=1S/C15H23ClN2S/c1-10(17-4)13-5-6-15(14(16)9-13)18-7-8-19-12(3)11(18)2/h5-6,9-12,17H,7-8H2,1-4H3. The number of benzene rings is 1. The molecule has 0 radical (unpaired) electrons. The summed E-state index contributed by atoms with van der Waals surface area (Å²) in [7, 11) is 1.97. The number of hydrogen-bond donors (Lipinski definition) is 1. The van der Waals surface area contributed by atoms with Gasteiger partial charge in [-0.15, -0.1) is 0 Å². The molecule has 1 fully saturated rings. The molecule has 2 nitrogen and oxygen atoms in total. The highest BCUT2D eigenvalue weighted by molar-refractivity contribution is 8.00. The van der Waals surface area contributed by atoms with Crippen LogP contribution < -0.4 is 10.2 Å². The van der Waals surface area contributed by atoms with E-state index in [2.05, 4.69) is 49.2 Å². The maximum Gasteiger partial charge on any atom is 0.0643 e. The minimum absolute atomic E-state index is 0.333. The second-order valence-corrected chi connectivity index (χ2v) is 7.12. The van der Waals surface area contributed by atoms with E-state index in [-0.39, 0.29) is 0 Å². The largest absolute Gasteiger partial charge is 0.366 e. The Hall–Kier alpha value is -0.380. The third-order valence-corrected chi connectivity index (χ3v) is 5.74. The van der Waals surface area contributed by atoms with E-state index in [1.165, 1.54) is 17.0 Å². The third kappa shape index (κ3) is 3.21. The van der Waals surface area contributed by atoms with E-state index < -0.39 is 0 Å². The molecular formula is C15H23ClN2S.